The molecule has 1 amide bonds. The van der Waals surface area contributed by atoms with Crippen molar-refractivity contribution in [1.29, 1.82) is 0 Å². The van der Waals surface area contributed by atoms with Crippen molar-refractivity contribution in [2.45, 2.75) is 32.7 Å². The van der Waals surface area contributed by atoms with Gasteiger partial charge >= 0.3 is 0 Å². The minimum atomic E-state index is -0.0875. The van der Waals surface area contributed by atoms with Crippen molar-refractivity contribution in [3.05, 3.63) is 54.6 Å². The van der Waals surface area contributed by atoms with Gasteiger partial charge in [-0.25, -0.2) is 9.97 Å². The van der Waals surface area contributed by atoms with Crippen LogP contribution in [0, 0.1) is 13.8 Å². The van der Waals surface area contributed by atoms with Crippen LogP contribution in [0.1, 0.15) is 33.0 Å². The molecule has 3 aromatic rings. The van der Waals surface area contributed by atoms with Gasteiger partial charge in [-0.05, 0) is 36.2 Å². The smallest absolute Gasteiger partial charge is 0.226 e. The van der Waals surface area contributed by atoms with Crippen LogP contribution in [0.5, 0.6) is 0 Å². The lowest BCUT2D eigenvalue weighted by molar-refractivity contribution is -0.121. The molecule has 23 heavy (non-hydrogen) atoms. The number of rotatable bonds is 6. The molecule has 0 aliphatic rings. The Hall–Kier alpha value is -1.57. The molecule has 0 fully saturated rings. The molecule has 4 nitrogen and oxygen atoms in total. The van der Waals surface area contributed by atoms with Gasteiger partial charge in [0.15, 0.2) is 0 Å². The van der Waals surface area contributed by atoms with Gasteiger partial charge in [0.2, 0.25) is 5.91 Å². The molecule has 3 heterocycles. The van der Waals surface area contributed by atoms with Gasteiger partial charge in [0.1, 0.15) is 5.01 Å². The maximum absolute atomic E-state index is 12.4. The Morgan fingerprint density at radius 2 is 2.09 bits per heavy atom. The average molecular weight is 364 g/mol. The van der Waals surface area contributed by atoms with Gasteiger partial charge in [0.25, 0.3) is 0 Å². The molecule has 0 aromatic carbocycles. The summed E-state index contributed by atoms with van der Waals surface area (Å²) >= 11 is 4.83. The Morgan fingerprint density at radius 3 is 2.70 bits per heavy atom. The summed E-state index contributed by atoms with van der Waals surface area (Å²) in [7, 11) is 0. The quantitative estimate of drug-likeness (QED) is 0.722. The molecule has 120 valence electrons. The van der Waals surface area contributed by atoms with Gasteiger partial charge < -0.3 is 5.32 Å². The van der Waals surface area contributed by atoms with E-state index in [1.165, 1.54) is 5.56 Å². The standard InChI is InChI=1S/C16H17N3OS3/c1-10-7-23-16(17-10)14(5-12-3-4-21-8-12)19-15(20)6-13-9-22-11(2)18-13/h3-4,7-9,14H,5-6H2,1-2H3,(H,19,20). The maximum Gasteiger partial charge on any atom is 0.226 e. The first-order chi connectivity index (χ1) is 11.1. The Kier molecular flexibility index (Phi) is 5.20. The Labute approximate surface area is 147 Å². The highest BCUT2D eigenvalue weighted by molar-refractivity contribution is 7.10. The van der Waals surface area contributed by atoms with Crippen LogP contribution < -0.4 is 5.32 Å². The van der Waals surface area contributed by atoms with Crippen molar-refractivity contribution in [3.63, 3.8) is 0 Å². The first kappa shape index (κ1) is 16.3. The number of nitrogens with one attached hydrogen (secondary N) is 1. The number of hydrogen-bond donors (Lipinski definition) is 1. The second-order valence-corrected chi connectivity index (χ2v) is 8.05. The van der Waals surface area contributed by atoms with E-state index in [9.17, 15) is 4.79 Å². The summed E-state index contributed by atoms with van der Waals surface area (Å²) in [5, 5.41) is 13.2. The zero-order valence-corrected chi connectivity index (χ0v) is 15.4. The molecule has 1 N–H and O–H groups in total. The minimum Gasteiger partial charge on any atom is -0.346 e. The van der Waals surface area contributed by atoms with E-state index < -0.39 is 0 Å². The van der Waals surface area contributed by atoms with Crippen molar-refractivity contribution >= 4 is 39.9 Å². The largest absolute Gasteiger partial charge is 0.346 e. The molecule has 0 bridgehead atoms. The Bertz CT molecular complexity index is 776. The predicted octanol–water partition coefficient (Wildman–Crippen LogP) is 3.92. The van der Waals surface area contributed by atoms with E-state index >= 15 is 0 Å². The van der Waals surface area contributed by atoms with Crippen LogP contribution in [0.3, 0.4) is 0 Å². The number of aromatic nitrogens is 2. The SMILES string of the molecule is Cc1csc(C(Cc2ccsc2)NC(=O)Cc2csc(C)n2)n1. The highest BCUT2D eigenvalue weighted by atomic mass is 32.1. The molecule has 0 aliphatic carbocycles. The van der Waals surface area contributed by atoms with Crippen LogP contribution in [-0.2, 0) is 17.6 Å². The molecule has 0 saturated heterocycles. The normalized spacial score (nSPS) is 12.3. The zero-order chi connectivity index (χ0) is 16.2. The third kappa shape index (κ3) is 4.46. The first-order valence-corrected chi connectivity index (χ1v) is 9.94. The lowest BCUT2D eigenvalue weighted by Crippen LogP contribution is -2.31. The summed E-state index contributed by atoms with van der Waals surface area (Å²) in [6.07, 6.45) is 1.08. The van der Waals surface area contributed by atoms with E-state index in [1.807, 2.05) is 24.6 Å². The van der Waals surface area contributed by atoms with Crippen LogP contribution >= 0.6 is 34.0 Å². The van der Waals surface area contributed by atoms with E-state index in [0.29, 0.717) is 6.42 Å². The van der Waals surface area contributed by atoms with Crippen molar-refractivity contribution in [2.75, 3.05) is 0 Å². The number of thiophene rings is 1. The fraction of sp³-hybridized carbons (Fsp3) is 0.312. The van der Waals surface area contributed by atoms with Gasteiger partial charge in [-0.2, -0.15) is 11.3 Å². The Morgan fingerprint density at radius 1 is 1.22 bits per heavy atom. The third-order valence-electron chi connectivity index (χ3n) is 3.30. The molecule has 0 saturated carbocycles. The van der Waals surface area contributed by atoms with Crippen LogP contribution in [-0.4, -0.2) is 15.9 Å². The third-order valence-corrected chi connectivity index (χ3v) is 5.93. The molecule has 0 spiro atoms. The summed E-state index contributed by atoms with van der Waals surface area (Å²) in [5.74, 6) is -0.0108. The summed E-state index contributed by atoms with van der Waals surface area (Å²) in [6.45, 7) is 3.92. The lowest BCUT2D eigenvalue weighted by atomic mass is 10.1. The second-order valence-electron chi connectivity index (χ2n) is 5.32. The summed E-state index contributed by atoms with van der Waals surface area (Å²) in [4.78, 5) is 21.3. The molecule has 1 unspecified atom stereocenters. The van der Waals surface area contributed by atoms with Gasteiger partial charge in [-0.15, -0.1) is 22.7 Å². The van der Waals surface area contributed by atoms with E-state index in [1.54, 1.807) is 34.0 Å². The number of thiazole rings is 2. The first-order valence-electron chi connectivity index (χ1n) is 7.23. The number of carbonyl (C=O) groups excluding carboxylic acids is 1. The van der Waals surface area contributed by atoms with E-state index in [4.69, 9.17) is 0 Å². The van der Waals surface area contributed by atoms with Crippen LogP contribution in [0.25, 0.3) is 0 Å². The van der Waals surface area contributed by atoms with Crippen LogP contribution in [0.4, 0.5) is 0 Å². The van der Waals surface area contributed by atoms with Crippen molar-refractivity contribution in [3.8, 4) is 0 Å². The summed E-state index contributed by atoms with van der Waals surface area (Å²) in [5.41, 5.74) is 3.04. The van der Waals surface area contributed by atoms with Gasteiger partial charge in [-0.3, -0.25) is 4.79 Å². The highest BCUT2D eigenvalue weighted by Crippen LogP contribution is 2.23. The fourth-order valence-corrected chi connectivity index (χ4v) is 4.42. The molecule has 3 rings (SSSR count). The fourth-order valence-electron chi connectivity index (χ4n) is 2.28. The monoisotopic (exact) mass is 363 g/mol. The molecule has 0 aliphatic heterocycles. The number of nitrogens with zero attached hydrogens (tertiary/aromatic N) is 2. The van der Waals surface area contributed by atoms with Gasteiger partial charge in [-0.1, -0.05) is 0 Å². The maximum atomic E-state index is 12.4. The molecule has 3 aromatic heterocycles. The summed E-state index contributed by atoms with van der Waals surface area (Å²) < 4.78 is 0. The van der Waals surface area contributed by atoms with E-state index in [0.717, 1.165) is 27.8 Å². The molecule has 7 heteroatoms. The number of amides is 1. The number of carbonyl (C=O) groups is 1. The topological polar surface area (TPSA) is 54.9 Å². The van der Waals surface area contributed by atoms with Crippen LogP contribution in [0.2, 0.25) is 0 Å². The second kappa shape index (κ2) is 7.33. The van der Waals surface area contributed by atoms with Crippen LogP contribution in [0.15, 0.2) is 27.6 Å². The minimum absolute atomic E-state index is 0.0108. The summed E-state index contributed by atoms with van der Waals surface area (Å²) in [6, 6.07) is 2.00. The molecule has 1 atom stereocenters. The lowest BCUT2D eigenvalue weighted by Gasteiger charge is -2.16. The molecular formula is C16H17N3OS3. The van der Waals surface area contributed by atoms with E-state index in [-0.39, 0.29) is 11.9 Å². The van der Waals surface area contributed by atoms with Crippen molar-refractivity contribution in [1.82, 2.24) is 15.3 Å². The van der Waals surface area contributed by atoms with Crippen molar-refractivity contribution in [2.24, 2.45) is 0 Å². The molecular weight excluding hydrogens is 346 g/mol. The highest BCUT2D eigenvalue weighted by Gasteiger charge is 2.19. The Balaban J connectivity index is 1.71. The van der Waals surface area contributed by atoms with E-state index in [2.05, 4.69) is 32.1 Å². The van der Waals surface area contributed by atoms with Crippen molar-refractivity contribution < 1.29 is 4.79 Å². The number of hydrogen-bond acceptors (Lipinski definition) is 6. The predicted molar refractivity (Wildman–Crippen MR) is 96.3 cm³/mol. The average Bonchev–Trinajstić information content (AvgIpc) is 3.22. The van der Waals surface area contributed by atoms with Gasteiger partial charge in [0.05, 0.1) is 23.2 Å². The zero-order valence-electron chi connectivity index (χ0n) is 12.9. The number of aryl methyl sites for hydroxylation is 2. The van der Waals surface area contributed by atoms with Gasteiger partial charge in [0, 0.05) is 22.9 Å². The molecule has 0 radical (unpaired) electrons.